The van der Waals surface area contributed by atoms with E-state index < -0.39 is 11.7 Å². The summed E-state index contributed by atoms with van der Waals surface area (Å²) in [6, 6.07) is 5.62. The smallest absolute Gasteiger partial charge is 0.355 e. The molecule has 20 heavy (non-hydrogen) atoms. The second kappa shape index (κ2) is 4.66. The van der Waals surface area contributed by atoms with Crippen molar-refractivity contribution in [2.24, 2.45) is 0 Å². The predicted molar refractivity (Wildman–Crippen MR) is 73.4 cm³/mol. The van der Waals surface area contributed by atoms with Crippen molar-refractivity contribution in [1.29, 1.82) is 0 Å². The fraction of sp³-hybridized carbons (Fsp3) is 0.333. The summed E-state index contributed by atoms with van der Waals surface area (Å²) < 4.78 is 38.1. The summed E-state index contributed by atoms with van der Waals surface area (Å²) >= 11 is 0. The Morgan fingerprint density at radius 2 is 2.00 bits per heavy atom. The fourth-order valence-electron chi connectivity index (χ4n) is 2.50. The third-order valence-corrected chi connectivity index (χ3v) is 3.71. The minimum atomic E-state index is -4.29. The van der Waals surface area contributed by atoms with Crippen LogP contribution in [0, 0.1) is 0 Å². The van der Waals surface area contributed by atoms with Crippen LogP contribution < -0.4 is 0 Å². The first kappa shape index (κ1) is 13.2. The highest BCUT2D eigenvalue weighted by Gasteiger charge is 2.30. The zero-order chi connectivity index (χ0) is 14.3. The lowest BCUT2D eigenvalue weighted by Crippen LogP contribution is -2.23. The third-order valence-electron chi connectivity index (χ3n) is 3.71. The number of nitrogens with zero attached hydrogens (tertiary/aromatic N) is 1. The average Bonchev–Trinajstić information content (AvgIpc) is 2.81. The molecule has 0 atom stereocenters. The molecule has 0 aliphatic carbocycles. The van der Waals surface area contributed by atoms with Crippen molar-refractivity contribution in [2.75, 3.05) is 20.1 Å². The predicted octanol–water partition coefficient (Wildman–Crippen LogP) is 3.91. The molecule has 5 heteroatoms. The standard InChI is InChI=1S/C15H15F3N2/c1-20-6-4-10(5-7-20)14-9-11-8-12(15(16,17)18)2-3-13(11)19-14/h2-4,8-9,19H,5-7H2,1H3. The lowest BCUT2D eigenvalue weighted by Gasteiger charge is -2.21. The number of likely N-dealkylation sites (N-methyl/N-ethyl adjacent to an activating group) is 1. The SMILES string of the molecule is CN1CC=C(c2cc3cc(C(F)(F)F)ccc3[nH]2)CC1. The number of hydrogen-bond donors (Lipinski definition) is 1. The molecule has 2 heterocycles. The summed E-state index contributed by atoms with van der Waals surface area (Å²) in [5.41, 5.74) is 2.24. The maximum absolute atomic E-state index is 12.7. The van der Waals surface area contributed by atoms with E-state index in [-0.39, 0.29) is 0 Å². The molecule has 3 rings (SSSR count). The van der Waals surface area contributed by atoms with E-state index in [9.17, 15) is 13.2 Å². The summed E-state index contributed by atoms with van der Waals surface area (Å²) in [6.45, 7) is 1.84. The van der Waals surface area contributed by atoms with Gasteiger partial charge in [-0.2, -0.15) is 13.2 Å². The quantitative estimate of drug-likeness (QED) is 0.839. The molecule has 2 aromatic rings. The van der Waals surface area contributed by atoms with Crippen LogP contribution >= 0.6 is 0 Å². The first-order valence-electron chi connectivity index (χ1n) is 6.51. The van der Waals surface area contributed by atoms with E-state index in [1.54, 1.807) is 0 Å². The van der Waals surface area contributed by atoms with E-state index in [1.807, 2.05) is 13.1 Å². The van der Waals surface area contributed by atoms with Crippen LogP contribution in [0.2, 0.25) is 0 Å². The molecule has 106 valence electrons. The van der Waals surface area contributed by atoms with E-state index in [1.165, 1.54) is 17.7 Å². The Labute approximate surface area is 114 Å². The fourth-order valence-corrected chi connectivity index (χ4v) is 2.50. The van der Waals surface area contributed by atoms with Gasteiger partial charge in [0, 0.05) is 29.7 Å². The van der Waals surface area contributed by atoms with E-state index in [2.05, 4.69) is 16.0 Å². The van der Waals surface area contributed by atoms with Gasteiger partial charge in [0.15, 0.2) is 0 Å². The van der Waals surface area contributed by atoms with Crippen molar-refractivity contribution < 1.29 is 13.2 Å². The summed E-state index contributed by atoms with van der Waals surface area (Å²) in [6.07, 6.45) is -1.26. The maximum Gasteiger partial charge on any atom is 0.416 e. The lowest BCUT2D eigenvalue weighted by atomic mass is 10.1. The first-order chi connectivity index (χ1) is 9.43. The highest BCUT2D eigenvalue weighted by Crippen LogP contribution is 2.32. The van der Waals surface area contributed by atoms with E-state index >= 15 is 0 Å². The van der Waals surface area contributed by atoms with Gasteiger partial charge >= 0.3 is 6.18 Å². The number of benzene rings is 1. The van der Waals surface area contributed by atoms with E-state index in [4.69, 9.17) is 0 Å². The summed E-state index contributed by atoms with van der Waals surface area (Å²) in [7, 11) is 2.05. The van der Waals surface area contributed by atoms with Gasteiger partial charge in [-0.15, -0.1) is 0 Å². The number of fused-ring (bicyclic) bond motifs is 1. The number of halogens is 3. The van der Waals surface area contributed by atoms with Crippen LogP contribution in [0.3, 0.4) is 0 Å². The van der Waals surface area contributed by atoms with Gasteiger partial charge in [-0.1, -0.05) is 6.08 Å². The molecule has 1 aromatic heterocycles. The van der Waals surface area contributed by atoms with Gasteiger partial charge in [-0.3, -0.25) is 0 Å². The average molecular weight is 280 g/mol. The Balaban J connectivity index is 1.99. The Morgan fingerprint density at radius 3 is 2.65 bits per heavy atom. The van der Waals surface area contributed by atoms with Crippen LogP contribution in [-0.2, 0) is 6.18 Å². The molecule has 2 nitrogen and oxygen atoms in total. The molecule has 1 aliphatic rings. The summed E-state index contributed by atoms with van der Waals surface area (Å²) in [4.78, 5) is 5.41. The highest BCUT2D eigenvalue weighted by molar-refractivity contribution is 5.85. The monoisotopic (exact) mass is 280 g/mol. The van der Waals surface area contributed by atoms with Gasteiger partial charge in [-0.05, 0) is 43.3 Å². The molecule has 0 amide bonds. The second-order valence-corrected chi connectivity index (χ2v) is 5.22. The third kappa shape index (κ3) is 2.45. The molecule has 1 N–H and O–H groups in total. The van der Waals surface area contributed by atoms with Crippen molar-refractivity contribution in [2.45, 2.75) is 12.6 Å². The van der Waals surface area contributed by atoms with Crippen molar-refractivity contribution >= 4 is 16.5 Å². The van der Waals surface area contributed by atoms with Gasteiger partial charge in [0.05, 0.1) is 5.56 Å². The van der Waals surface area contributed by atoms with Crippen LogP contribution in [0.5, 0.6) is 0 Å². The minimum absolute atomic E-state index is 0.604. The lowest BCUT2D eigenvalue weighted by molar-refractivity contribution is -0.137. The molecule has 0 spiro atoms. The molecule has 0 saturated carbocycles. The topological polar surface area (TPSA) is 19.0 Å². The summed E-state index contributed by atoms with van der Waals surface area (Å²) in [5.74, 6) is 0. The molecule has 0 unspecified atom stereocenters. The molecule has 0 saturated heterocycles. The Morgan fingerprint density at radius 1 is 1.20 bits per heavy atom. The Hall–Kier alpha value is -1.75. The molecular formula is C15H15F3N2. The largest absolute Gasteiger partial charge is 0.416 e. The number of nitrogens with one attached hydrogen (secondary N) is 1. The molecule has 0 radical (unpaired) electrons. The normalized spacial score (nSPS) is 17.5. The molecule has 0 fully saturated rings. The summed E-state index contributed by atoms with van der Waals surface area (Å²) in [5, 5.41) is 0.606. The second-order valence-electron chi connectivity index (χ2n) is 5.22. The molecule has 1 aliphatic heterocycles. The number of hydrogen-bond acceptors (Lipinski definition) is 1. The molecular weight excluding hydrogens is 265 g/mol. The van der Waals surface area contributed by atoms with Crippen molar-refractivity contribution in [3.05, 3.63) is 41.6 Å². The number of aromatic nitrogens is 1. The van der Waals surface area contributed by atoms with E-state index in [0.29, 0.717) is 5.39 Å². The molecule has 1 aromatic carbocycles. The van der Waals surface area contributed by atoms with Gasteiger partial charge in [0.25, 0.3) is 0 Å². The number of H-pyrrole nitrogens is 1. The van der Waals surface area contributed by atoms with Crippen LogP contribution in [0.4, 0.5) is 13.2 Å². The number of rotatable bonds is 1. The maximum atomic E-state index is 12.7. The minimum Gasteiger partial charge on any atom is -0.355 e. The van der Waals surface area contributed by atoms with Crippen molar-refractivity contribution in [1.82, 2.24) is 9.88 Å². The van der Waals surface area contributed by atoms with E-state index in [0.717, 1.165) is 36.8 Å². The van der Waals surface area contributed by atoms with Gasteiger partial charge < -0.3 is 9.88 Å². The number of alkyl halides is 3. The van der Waals surface area contributed by atoms with Crippen LogP contribution in [-0.4, -0.2) is 30.0 Å². The Kier molecular flexibility index (Phi) is 3.09. The van der Waals surface area contributed by atoms with Gasteiger partial charge in [-0.25, -0.2) is 0 Å². The highest BCUT2D eigenvalue weighted by atomic mass is 19.4. The van der Waals surface area contributed by atoms with Gasteiger partial charge in [0.1, 0.15) is 0 Å². The van der Waals surface area contributed by atoms with Crippen molar-refractivity contribution in [3.63, 3.8) is 0 Å². The van der Waals surface area contributed by atoms with Crippen LogP contribution in [0.15, 0.2) is 30.3 Å². The Bertz CT molecular complexity index is 667. The zero-order valence-electron chi connectivity index (χ0n) is 11.1. The van der Waals surface area contributed by atoms with Crippen LogP contribution in [0.1, 0.15) is 17.7 Å². The van der Waals surface area contributed by atoms with Crippen molar-refractivity contribution in [3.8, 4) is 0 Å². The number of aromatic amines is 1. The molecule has 0 bridgehead atoms. The zero-order valence-corrected chi connectivity index (χ0v) is 11.1. The first-order valence-corrected chi connectivity index (χ1v) is 6.51. The van der Waals surface area contributed by atoms with Crippen LogP contribution in [0.25, 0.3) is 16.5 Å². The van der Waals surface area contributed by atoms with Gasteiger partial charge in [0.2, 0.25) is 0 Å².